The van der Waals surface area contributed by atoms with E-state index in [1.165, 1.54) is 11.0 Å². The van der Waals surface area contributed by atoms with E-state index in [4.69, 9.17) is 5.11 Å². The van der Waals surface area contributed by atoms with Crippen LogP contribution in [0.1, 0.15) is 25.3 Å². The van der Waals surface area contributed by atoms with E-state index in [0.717, 1.165) is 0 Å². The molecular formula is C17H23FN2O3. The molecule has 1 saturated heterocycles. The molecule has 0 aliphatic carbocycles. The van der Waals surface area contributed by atoms with E-state index in [1.54, 1.807) is 19.1 Å². The zero-order valence-electron chi connectivity index (χ0n) is 13.5. The summed E-state index contributed by atoms with van der Waals surface area (Å²) in [6.07, 6.45) is 0.793. The molecule has 23 heavy (non-hydrogen) atoms. The fraction of sp³-hybridized carbons (Fsp3) is 0.529. The number of rotatable bonds is 6. The minimum Gasteiger partial charge on any atom is -0.396 e. The van der Waals surface area contributed by atoms with E-state index in [9.17, 15) is 14.0 Å². The zero-order valence-corrected chi connectivity index (χ0v) is 13.5. The van der Waals surface area contributed by atoms with Gasteiger partial charge in [-0.15, -0.1) is 0 Å². The lowest BCUT2D eigenvalue weighted by Crippen LogP contribution is -2.35. The molecule has 1 aliphatic heterocycles. The van der Waals surface area contributed by atoms with Crippen molar-refractivity contribution in [2.45, 2.75) is 26.7 Å². The Morgan fingerprint density at radius 2 is 2.26 bits per heavy atom. The monoisotopic (exact) mass is 322 g/mol. The normalized spacial score (nSPS) is 19.0. The summed E-state index contributed by atoms with van der Waals surface area (Å²) in [5.41, 5.74) is 1.10. The van der Waals surface area contributed by atoms with Gasteiger partial charge in [-0.25, -0.2) is 4.39 Å². The number of anilines is 1. The van der Waals surface area contributed by atoms with E-state index in [0.29, 0.717) is 30.8 Å². The zero-order chi connectivity index (χ0) is 17.0. The number of amides is 2. The molecule has 2 N–H and O–H groups in total. The predicted molar refractivity (Wildman–Crippen MR) is 85.5 cm³/mol. The Hall–Kier alpha value is -1.95. The minimum atomic E-state index is -0.394. The standard InChI is InChI=1S/C17H23FN2O3/c1-11(5-6-21)9-19-17(23)13-8-16(22)20(10-13)14-3-4-15(18)12(2)7-14/h3-4,7,11,13,21H,5-6,8-10H2,1-2H3,(H,19,23). The third-order valence-corrected chi connectivity index (χ3v) is 4.20. The lowest BCUT2D eigenvalue weighted by atomic mass is 10.1. The predicted octanol–water partition coefficient (Wildman–Crippen LogP) is 1.62. The number of aliphatic hydroxyl groups is 1. The molecule has 1 aromatic carbocycles. The van der Waals surface area contributed by atoms with Crippen molar-refractivity contribution in [3.8, 4) is 0 Å². The van der Waals surface area contributed by atoms with Crippen LogP contribution in [0.2, 0.25) is 0 Å². The van der Waals surface area contributed by atoms with Crippen LogP contribution in [-0.4, -0.2) is 36.6 Å². The van der Waals surface area contributed by atoms with Crippen molar-refractivity contribution in [2.24, 2.45) is 11.8 Å². The average molecular weight is 322 g/mol. The number of nitrogens with zero attached hydrogens (tertiary/aromatic N) is 1. The van der Waals surface area contributed by atoms with Gasteiger partial charge in [0.2, 0.25) is 11.8 Å². The Bertz CT molecular complexity index is 591. The SMILES string of the molecule is Cc1cc(N2CC(C(=O)NCC(C)CCO)CC2=O)ccc1F. The summed E-state index contributed by atoms with van der Waals surface area (Å²) in [5.74, 6) is -0.789. The van der Waals surface area contributed by atoms with Gasteiger partial charge in [-0.05, 0) is 43.0 Å². The van der Waals surface area contributed by atoms with E-state index in [-0.39, 0.29) is 36.6 Å². The summed E-state index contributed by atoms with van der Waals surface area (Å²) in [6.45, 7) is 4.48. The molecule has 6 heteroatoms. The lowest BCUT2D eigenvalue weighted by Gasteiger charge is -2.18. The molecule has 1 aliphatic rings. The van der Waals surface area contributed by atoms with Crippen LogP contribution in [0, 0.1) is 24.6 Å². The summed E-state index contributed by atoms with van der Waals surface area (Å²) >= 11 is 0. The van der Waals surface area contributed by atoms with Crippen molar-refractivity contribution in [2.75, 3.05) is 24.6 Å². The first-order valence-corrected chi connectivity index (χ1v) is 7.87. The third kappa shape index (κ3) is 4.28. The number of nitrogens with one attached hydrogen (secondary N) is 1. The summed E-state index contributed by atoms with van der Waals surface area (Å²) in [4.78, 5) is 25.9. The number of aliphatic hydroxyl groups excluding tert-OH is 1. The second kappa shape index (κ2) is 7.55. The highest BCUT2D eigenvalue weighted by Gasteiger charge is 2.35. The Labute approximate surface area is 135 Å². The topological polar surface area (TPSA) is 69.6 Å². The Morgan fingerprint density at radius 3 is 2.91 bits per heavy atom. The van der Waals surface area contributed by atoms with Crippen molar-refractivity contribution < 1.29 is 19.1 Å². The van der Waals surface area contributed by atoms with Crippen molar-refractivity contribution in [3.05, 3.63) is 29.6 Å². The largest absolute Gasteiger partial charge is 0.396 e. The van der Waals surface area contributed by atoms with Crippen molar-refractivity contribution in [1.82, 2.24) is 5.32 Å². The molecule has 126 valence electrons. The maximum absolute atomic E-state index is 13.3. The van der Waals surface area contributed by atoms with Crippen LogP contribution >= 0.6 is 0 Å². The van der Waals surface area contributed by atoms with Crippen LogP contribution in [-0.2, 0) is 9.59 Å². The maximum Gasteiger partial charge on any atom is 0.227 e. The summed E-state index contributed by atoms with van der Waals surface area (Å²) in [5, 5.41) is 11.7. The van der Waals surface area contributed by atoms with Crippen LogP contribution in [0.15, 0.2) is 18.2 Å². The highest BCUT2D eigenvalue weighted by Crippen LogP contribution is 2.26. The van der Waals surface area contributed by atoms with E-state index < -0.39 is 5.92 Å². The highest BCUT2D eigenvalue weighted by molar-refractivity contribution is 6.00. The van der Waals surface area contributed by atoms with Gasteiger partial charge in [0.1, 0.15) is 5.82 Å². The van der Waals surface area contributed by atoms with Gasteiger partial charge in [0.05, 0.1) is 5.92 Å². The quantitative estimate of drug-likeness (QED) is 0.836. The second-order valence-electron chi connectivity index (χ2n) is 6.20. The number of hydrogen-bond donors (Lipinski definition) is 2. The smallest absolute Gasteiger partial charge is 0.227 e. The van der Waals surface area contributed by atoms with Crippen LogP contribution in [0.3, 0.4) is 0 Å². The second-order valence-corrected chi connectivity index (χ2v) is 6.20. The van der Waals surface area contributed by atoms with Crippen LogP contribution in [0.4, 0.5) is 10.1 Å². The van der Waals surface area contributed by atoms with Gasteiger partial charge in [0.15, 0.2) is 0 Å². The molecule has 1 heterocycles. The first kappa shape index (κ1) is 17.4. The number of carbonyl (C=O) groups is 2. The molecule has 1 aromatic rings. The molecule has 0 saturated carbocycles. The number of hydrogen-bond acceptors (Lipinski definition) is 3. The van der Waals surface area contributed by atoms with Gasteiger partial charge in [0, 0.05) is 31.8 Å². The van der Waals surface area contributed by atoms with Crippen molar-refractivity contribution in [3.63, 3.8) is 0 Å². The molecular weight excluding hydrogens is 299 g/mol. The lowest BCUT2D eigenvalue weighted by molar-refractivity contribution is -0.126. The van der Waals surface area contributed by atoms with E-state index in [1.807, 2.05) is 6.92 Å². The van der Waals surface area contributed by atoms with Gasteiger partial charge in [-0.3, -0.25) is 9.59 Å². The summed E-state index contributed by atoms with van der Waals surface area (Å²) < 4.78 is 13.3. The minimum absolute atomic E-state index is 0.0939. The Morgan fingerprint density at radius 1 is 1.52 bits per heavy atom. The molecule has 0 spiro atoms. The molecule has 1 fully saturated rings. The maximum atomic E-state index is 13.3. The van der Waals surface area contributed by atoms with E-state index in [2.05, 4.69) is 5.32 Å². The molecule has 0 radical (unpaired) electrons. The number of carbonyl (C=O) groups excluding carboxylic acids is 2. The number of halogens is 1. The summed E-state index contributed by atoms with van der Waals surface area (Å²) in [7, 11) is 0. The average Bonchev–Trinajstić information content (AvgIpc) is 2.90. The fourth-order valence-corrected chi connectivity index (χ4v) is 2.67. The molecule has 0 aromatic heterocycles. The van der Waals surface area contributed by atoms with Crippen LogP contribution in [0.5, 0.6) is 0 Å². The van der Waals surface area contributed by atoms with Gasteiger partial charge >= 0.3 is 0 Å². The molecule has 2 rings (SSSR count). The molecule has 5 nitrogen and oxygen atoms in total. The fourth-order valence-electron chi connectivity index (χ4n) is 2.67. The van der Waals surface area contributed by atoms with Crippen LogP contribution in [0.25, 0.3) is 0 Å². The van der Waals surface area contributed by atoms with Gasteiger partial charge in [-0.2, -0.15) is 0 Å². The number of aryl methyl sites for hydroxylation is 1. The van der Waals surface area contributed by atoms with Gasteiger partial charge < -0.3 is 15.3 Å². The molecule has 2 unspecified atom stereocenters. The highest BCUT2D eigenvalue weighted by atomic mass is 19.1. The molecule has 2 amide bonds. The van der Waals surface area contributed by atoms with Crippen LogP contribution < -0.4 is 10.2 Å². The molecule has 2 atom stereocenters. The number of benzene rings is 1. The van der Waals surface area contributed by atoms with E-state index >= 15 is 0 Å². The van der Waals surface area contributed by atoms with Crippen molar-refractivity contribution in [1.29, 1.82) is 0 Å². The van der Waals surface area contributed by atoms with Gasteiger partial charge in [-0.1, -0.05) is 6.92 Å². The third-order valence-electron chi connectivity index (χ3n) is 4.20. The Kier molecular flexibility index (Phi) is 5.71. The first-order valence-electron chi connectivity index (χ1n) is 7.87. The summed E-state index contributed by atoms with van der Waals surface area (Å²) in [6, 6.07) is 4.52. The first-order chi connectivity index (χ1) is 10.9. The molecule has 0 bridgehead atoms. The van der Waals surface area contributed by atoms with Crippen molar-refractivity contribution >= 4 is 17.5 Å². The van der Waals surface area contributed by atoms with Gasteiger partial charge in [0.25, 0.3) is 0 Å². The Balaban J connectivity index is 1.96.